The van der Waals surface area contributed by atoms with Crippen molar-refractivity contribution in [2.45, 2.75) is 39.2 Å². The van der Waals surface area contributed by atoms with E-state index in [1.165, 1.54) is 29.1 Å². The molecule has 1 N–H and O–H groups in total. The third-order valence-electron chi connectivity index (χ3n) is 5.80. The lowest BCUT2D eigenvalue weighted by atomic mass is 10.1. The van der Waals surface area contributed by atoms with E-state index in [2.05, 4.69) is 32.2 Å². The molecule has 0 unspecified atom stereocenters. The van der Waals surface area contributed by atoms with Crippen molar-refractivity contribution in [3.63, 3.8) is 0 Å². The number of aryl methyl sites for hydroxylation is 1. The number of anilines is 1. The molecular weight excluding hydrogens is 432 g/mol. The molecular formula is C25H30N6O3. The molecule has 0 atom stereocenters. The topological polar surface area (TPSA) is 102 Å². The summed E-state index contributed by atoms with van der Waals surface area (Å²) in [7, 11) is 0. The van der Waals surface area contributed by atoms with Gasteiger partial charge in [0.1, 0.15) is 25.3 Å². The number of rotatable bonds is 9. The van der Waals surface area contributed by atoms with E-state index in [-0.39, 0.29) is 31.2 Å². The van der Waals surface area contributed by atoms with Crippen LogP contribution in [0.2, 0.25) is 0 Å². The van der Waals surface area contributed by atoms with Crippen molar-refractivity contribution in [3.8, 4) is 17.1 Å². The van der Waals surface area contributed by atoms with Crippen LogP contribution in [0.1, 0.15) is 31.7 Å². The Kier molecular flexibility index (Phi) is 7.85. The van der Waals surface area contributed by atoms with Crippen LogP contribution in [-0.2, 0) is 17.8 Å². The Labute approximate surface area is 198 Å². The quantitative estimate of drug-likeness (QED) is 0.487. The van der Waals surface area contributed by atoms with E-state index in [0.29, 0.717) is 11.6 Å². The fraction of sp³-hybridized carbons (Fsp3) is 0.400. The summed E-state index contributed by atoms with van der Waals surface area (Å²) in [5.74, 6) is 1.03. The number of hydrogen-bond acceptors (Lipinski definition) is 7. The van der Waals surface area contributed by atoms with Crippen molar-refractivity contribution in [1.29, 1.82) is 0 Å². The van der Waals surface area contributed by atoms with Gasteiger partial charge in [-0.05, 0) is 37.3 Å². The number of amides is 1. The van der Waals surface area contributed by atoms with Gasteiger partial charge in [-0.3, -0.25) is 9.59 Å². The Morgan fingerprint density at radius 2 is 1.85 bits per heavy atom. The van der Waals surface area contributed by atoms with Gasteiger partial charge in [0.2, 0.25) is 11.8 Å². The van der Waals surface area contributed by atoms with E-state index in [4.69, 9.17) is 4.74 Å². The minimum absolute atomic E-state index is 0.160. The zero-order chi connectivity index (χ0) is 23.8. The lowest BCUT2D eigenvalue weighted by molar-refractivity contribution is -0.122. The summed E-state index contributed by atoms with van der Waals surface area (Å²) in [6.45, 7) is 4.46. The number of benzene rings is 1. The normalized spacial score (nSPS) is 13.5. The Balaban J connectivity index is 1.27. The number of nitrogens with one attached hydrogen (secondary N) is 1. The van der Waals surface area contributed by atoms with Crippen molar-refractivity contribution < 1.29 is 9.53 Å². The maximum Gasteiger partial charge on any atom is 0.267 e. The molecule has 4 rings (SSSR count). The van der Waals surface area contributed by atoms with Crippen LogP contribution in [0.5, 0.6) is 5.88 Å². The first-order chi connectivity index (χ1) is 16.6. The lowest BCUT2D eigenvalue weighted by Gasteiger charge is -2.27. The summed E-state index contributed by atoms with van der Waals surface area (Å²) >= 11 is 0. The molecule has 1 saturated heterocycles. The number of aromatic nitrogens is 4. The Bertz CT molecular complexity index is 1160. The van der Waals surface area contributed by atoms with E-state index < -0.39 is 0 Å². The minimum atomic E-state index is -0.327. The number of nitrogens with zero attached hydrogens (tertiary/aromatic N) is 5. The first-order valence-corrected chi connectivity index (χ1v) is 11.8. The molecule has 9 nitrogen and oxygen atoms in total. The van der Waals surface area contributed by atoms with Crippen LogP contribution in [0.3, 0.4) is 0 Å². The zero-order valence-electron chi connectivity index (χ0n) is 19.4. The molecule has 0 spiro atoms. The molecule has 1 aromatic carbocycles. The predicted octanol–water partition coefficient (Wildman–Crippen LogP) is 2.45. The van der Waals surface area contributed by atoms with E-state index >= 15 is 0 Å². The second-order valence-electron chi connectivity index (χ2n) is 8.23. The summed E-state index contributed by atoms with van der Waals surface area (Å²) in [4.78, 5) is 35.3. The number of carbonyl (C=O) groups is 1. The van der Waals surface area contributed by atoms with Crippen molar-refractivity contribution in [2.75, 3.05) is 31.1 Å². The van der Waals surface area contributed by atoms with Gasteiger partial charge in [0.05, 0.1) is 12.2 Å². The van der Waals surface area contributed by atoms with Crippen LogP contribution in [0.4, 0.5) is 5.82 Å². The summed E-state index contributed by atoms with van der Waals surface area (Å²) in [5.41, 5.74) is 2.44. The van der Waals surface area contributed by atoms with Crippen molar-refractivity contribution in [3.05, 3.63) is 64.7 Å². The number of carbonyl (C=O) groups excluding carboxylic acids is 1. The van der Waals surface area contributed by atoms with E-state index in [9.17, 15) is 9.59 Å². The first-order valence-electron chi connectivity index (χ1n) is 11.8. The molecule has 34 heavy (non-hydrogen) atoms. The number of ether oxygens (including phenoxy) is 1. The number of hydrogen-bond donors (Lipinski definition) is 1. The van der Waals surface area contributed by atoms with Crippen LogP contribution in [0, 0.1) is 0 Å². The molecule has 1 aliphatic rings. The average molecular weight is 463 g/mol. The zero-order valence-corrected chi connectivity index (χ0v) is 19.4. The second-order valence-corrected chi connectivity index (χ2v) is 8.23. The van der Waals surface area contributed by atoms with Gasteiger partial charge in [0.15, 0.2) is 0 Å². The van der Waals surface area contributed by atoms with E-state index in [0.717, 1.165) is 43.7 Å². The van der Waals surface area contributed by atoms with Crippen LogP contribution in [0.25, 0.3) is 11.3 Å². The van der Waals surface area contributed by atoms with Crippen molar-refractivity contribution in [2.24, 2.45) is 0 Å². The van der Waals surface area contributed by atoms with E-state index in [1.54, 1.807) is 6.07 Å². The van der Waals surface area contributed by atoms with Crippen LogP contribution in [0.15, 0.2) is 53.6 Å². The van der Waals surface area contributed by atoms with E-state index in [1.807, 2.05) is 30.3 Å². The van der Waals surface area contributed by atoms with Gasteiger partial charge in [-0.15, -0.1) is 0 Å². The fourth-order valence-corrected chi connectivity index (χ4v) is 3.87. The van der Waals surface area contributed by atoms with Gasteiger partial charge in [-0.2, -0.15) is 5.10 Å². The maximum absolute atomic E-state index is 12.4. The molecule has 3 heterocycles. The smallest absolute Gasteiger partial charge is 0.267 e. The highest BCUT2D eigenvalue weighted by Gasteiger charge is 2.13. The molecule has 178 valence electrons. The van der Waals surface area contributed by atoms with Gasteiger partial charge in [-0.25, -0.2) is 14.6 Å². The molecule has 0 aliphatic carbocycles. The molecule has 2 aromatic heterocycles. The Morgan fingerprint density at radius 1 is 1.06 bits per heavy atom. The average Bonchev–Trinajstić information content (AvgIpc) is 2.89. The highest BCUT2D eigenvalue weighted by atomic mass is 16.5. The van der Waals surface area contributed by atoms with Gasteiger partial charge < -0.3 is 15.0 Å². The van der Waals surface area contributed by atoms with Gasteiger partial charge in [-0.1, -0.05) is 31.2 Å². The van der Waals surface area contributed by atoms with Crippen molar-refractivity contribution >= 4 is 11.7 Å². The largest absolute Gasteiger partial charge is 0.476 e. The highest BCUT2D eigenvalue weighted by Crippen LogP contribution is 2.20. The summed E-state index contributed by atoms with van der Waals surface area (Å²) < 4.78 is 6.86. The molecule has 1 amide bonds. The Morgan fingerprint density at radius 3 is 2.62 bits per heavy atom. The third kappa shape index (κ3) is 6.18. The molecule has 0 bridgehead atoms. The molecule has 1 fully saturated rings. The molecule has 0 saturated carbocycles. The van der Waals surface area contributed by atoms with Gasteiger partial charge >= 0.3 is 0 Å². The third-order valence-corrected chi connectivity index (χ3v) is 5.80. The lowest BCUT2D eigenvalue weighted by Crippen LogP contribution is -2.35. The summed E-state index contributed by atoms with van der Waals surface area (Å²) in [5, 5.41) is 7.12. The Hall–Kier alpha value is -3.75. The standard InChI is InChI=1S/C25H30N6O3/c1-2-19-6-8-20(9-7-19)21-10-11-25(33)31(29-21)17-23(32)26-12-15-34-24-16-22(27-18-28-24)30-13-4-3-5-14-30/h6-11,16,18H,2-5,12-15,17H2,1H3,(H,26,32). The second kappa shape index (κ2) is 11.4. The monoisotopic (exact) mass is 462 g/mol. The minimum Gasteiger partial charge on any atom is -0.476 e. The summed E-state index contributed by atoms with van der Waals surface area (Å²) in [6, 6.07) is 12.9. The summed E-state index contributed by atoms with van der Waals surface area (Å²) in [6.07, 6.45) is 6.03. The van der Waals surface area contributed by atoms with Crippen molar-refractivity contribution in [1.82, 2.24) is 25.1 Å². The fourth-order valence-electron chi connectivity index (χ4n) is 3.87. The molecule has 9 heteroatoms. The number of piperidine rings is 1. The highest BCUT2D eigenvalue weighted by molar-refractivity contribution is 5.75. The molecule has 0 radical (unpaired) electrons. The molecule has 3 aromatic rings. The SMILES string of the molecule is CCc1ccc(-c2ccc(=O)n(CC(=O)NCCOc3cc(N4CCCCC4)ncn3)n2)cc1. The predicted molar refractivity (Wildman–Crippen MR) is 130 cm³/mol. The van der Waals surface area contributed by atoms with Gasteiger partial charge in [0, 0.05) is 30.8 Å². The molecule has 1 aliphatic heterocycles. The first kappa shape index (κ1) is 23.4. The van der Waals surface area contributed by atoms with Crippen LogP contribution < -0.4 is 20.5 Å². The van der Waals surface area contributed by atoms with Crippen LogP contribution in [-0.4, -0.2) is 51.9 Å². The van der Waals surface area contributed by atoms with Crippen LogP contribution >= 0.6 is 0 Å². The maximum atomic E-state index is 12.4. The van der Waals surface area contributed by atoms with Gasteiger partial charge in [0.25, 0.3) is 5.56 Å².